The van der Waals surface area contributed by atoms with Crippen molar-refractivity contribution in [2.45, 2.75) is 0 Å². The summed E-state index contributed by atoms with van der Waals surface area (Å²) in [6, 6.07) is 6.69. The van der Waals surface area contributed by atoms with Gasteiger partial charge in [-0.15, -0.1) is 0 Å². The number of hydrogen-bond acceptors (Lipinski definition) is 5. The molecule has 0 saturated carbocycles. The van der Waals surface area contributed by atoms with Crippen molar-refractivity contribution in [1.29, 1.82) is 0 Å². The highest BCUT2D eigenvalue weighted by Gasteiger charge is 2.17. The molecule has 9 nitrogen and oxygen atoms in total. The highest BCUT2D eigenvalue weighted by Crippen LogP contribution is 2.18. The van der Waals surface area contributed by atoms with E-state index < -0.39 is 28.6 Å². The lowest BCUT2D eigenvalue weighted by Gasteiger charge is -2.06. The smallest absolute Gasteiger partial charge is 0.328 e. The molecule has 2 heterocycles. The van der Waals surface area contributed by atoms with Gasteiger partial charge >= 0.3 is 5.69 Å². The molecule has 2 aromatic heterocycles. The minimum atomic E-state index is -0.976. The van der Waals surface area contributed by atoms with Crippen molar-refractivity contribution in [3.05, 3.63) is 63.1 Å². The second-order valence-corrected chi connectivity index (χ2v) is 4.60. The van der Waals surface area contributed by atoms with Gasteiger partial charge in [-0.2, -0.15) is 0 Å². The summed E-state index contributed by atoms with van der Waals surface area (Å²) in [7, 11) is 0. The van der Waals surface area contributed by atoms with Gasteiger partial charge in [-0.3, -0.25) is 19.6 Å². The van der Waals surface area contributed by atoms with Crippen LogP contribution in [0.1, 0.15) is 10.4 Å². The third-order valence-electron chi connectivity index (χ3n) is 3.06. The Labute approximate surface area is 128 Å². The van der Waals surface area contributed by atoms with E-state index in [0.29, 0.717) is 11.5 Å². The molecule has 0 fully saturated rings. The number of carbonyl (C=O) groups is 1. The molecule has 9 heteroatoms. The van der Waals surface area contributed by atoms with Gasteiger partial charge in [0.2, 0.25) is 5.88 Å². The summed E-state index contributed by atoms with van der Waals surface area (Å²) in [5, 5.41) is 12.0. The summed E-state index contributed by atoms with van der Waals surface area (Å²) in [4.78, 5) is 45.5. The Morgan fingerprint density at radius 3 is 2.48 bits per heavy atom. The van der Waals surface area contributed by atoms with Gasteiger partial charge in [-0.1, -0.05) is 0 Å². The van der Waals surface area contributed by atoms with Gasteiger partial charge in [0, 0.05) is 23.6 Å². The maximum absolute atomic E-state index is 12.0. The number of imidazole rings is 1. The summed E-state index contributed by atoms with van der Waals surface area (Å²) in [5.41, 5.74) is -1.21. The summed E-state index contributed by atoms with van der Waals surface area (Å²) >= 11 is 0. The van der Waals surface area contributed by atoms with Crippen LogP contribution in [0.2, 0.25) is 0 Å². The number of H-pyrrole nitrogens is 3. The normalized spacial score (nSPS) is 10.4. The van der Waals surface area contributed by atoms with Gasteiger partial charge in [0.05, 0.1) is 0 Å². The second kappa shape index (κ2) is 5.64. The molecule has 0 unspecified atom stereocenters. The first-order valence-electron chi connectivity index (χ1n) is 6.51. The van der Waals surface area contributed by atoms with Gasteiger partial charge in [0.15, 0.2) is 5.56 Å². The molecule has 0 aliphatic heterocycles. The van der Waals surface area contributed by atoms with E-state index in [2.05, 4.69) is 15.3 Å². The lowest BCUT2D eigenvalue weighted by atomic mass is 10.2. The van der Waals surface area contributed by atoms with Crippen LogP contribution in [-0.4, -0.2) is 30.9 Å². The topological polar surface area (TPSA) is 144 Å². The Morgan fingerprint density at radius 1 is 1.13 bits per heavy atom. The molecule has 116 valence electrons. The average molecular weight is 313 g/mol. The SMILES string of the molecule is O=C(Nc1ccc(-c2ncc[nH]2)cc1)c1c(O)[nH]c(=O)[nH]c1=O. The third-order valence-corrected chi connectivity index (χ3v) is 3.06. The van der Waals surface area contributed by atoms with Crippen LogP contribution in [-0.2, 0) is 0 Å². The van der Waals surface area contributed by atoms with Crippen molar-refractivity contribution < 1.29 is 9.90 Å². The number of aromatic amines is 3. The average Bonchev–Trinajstić information content (AvgIpc) is 3.01. The molecule has 0 atom stereocenters. The first-order chi connectivity index (χ1) is 11.0. The third kappa shape index (κ3) is 2.88. The number of nitrogens with zero attached hydrogens (tertiary/aromatic N) is 1. The first-order valence-corrected chi connectivity index (χ1v) is 6.51. The van der Waals surface area contributed by atoms with Crippen LogP contribution in [0.25, 0.3) is 11.4 Å². The predicted octanol–water partition coefficient (Wildman–Crippen LogP) is 0.411. The Morgan fingerprint density at radius 2 is 1.87 bits per heavy atom. The molecule has 0 aliphatic rings. The molecule has 3 rings (SSSR count). The van der Waals surface area contributed by atoms with Crippen molar-refractivity contribution in [1.82, 2.24) is 19.9 Å². The van der Waals surface area contributed by atoms with Gasteiger partial charge in [-0.25, -0.2) is 9.78 Å². The van der Waals surface area contributed by atoms with E-state index in [-0.39, 0.29) is 0 Å². The van der Waals surface area contributed by atoms with Gasteiger partial charge in [0.25, 0.3) is 11.5 Å². The van der Waals surface area contributed by atoms with Gasteiger partial charge in [-0.05, 0) is 24.3 Å². The standard InChI is InChI=1S/C14H11N5O4/c20-11(9-12(21)18-14(23)19-13(9)22)17-8-3-1-7(2-4-8)10-15-5-6-16-10/h1-6H,(H,15,16)(H,17,20)(H3,18,19,21,22,23). The maximum atomic E-state index is 12.0. The maximum Gasteiger partial charge on any atom is 0.328 e. The first kappa shape index (κ1) is 14.3. The number of nitrogens with one attached hydrogen (secondary N) is 4. The van der Waals surface area contributed by atoms with E-state index in [0.717, 1.165) is 5.56 Å². The minimum absolute atomic E-state index is 0.412. The fourth-order valence-electron chi connectivity index (χ4n) is 2.01. The largest absolute Gasteiger partial charge is 0.494 e. The predicted molar refractivity (Wildman–Crippen MR) is 81.3 cm³/mol. The molecule has 1 aromatic carbocycles. The number of hydrogen-bond donors (Lipinski definition) is 5. The van der Waals surface area contributed by atoms with E-state index in [1.54, 1.807) is 36.7 Å². The molecular formula is C14H11N5O4. The minimum Gasteiger partial charge on any atom is -0.494 e. The van der Waals surface area contributed by atoms with Crippen LogP contribution in [0.3, 0.4) is 0 Å². The Kier molecular flexibility index (Phi) is 3.51. The molecule has 5 N–H and O–H groups in total. The quantitative estimate of drug-likeness (QED) is 0.476. The number of aromatic hydroxyl groups is 1. The molecule has 23 heavy (non-hydrogen) atoms. The van der Waals surface area contributed by atoms with Crippen LogP contribution >= 0.6 is 0 Å². The fraction of sp³-hybridized carbons (Fsp3) is 0. The molecular weight excluding hydrogens is 302 g/mol. The van der Waals surface area contributed by atoms with Crippen LogP contribution < -0.4 is 16.6 Å². The second-order valence-electron chi connectivity index (χ2n) is 4.60. The van der Waals surface area contributed by atoms with Crippen molar-refractivity contribution in [2.24, 2.45) is 0 Å². The van der Waals surface area contributed by atoms with Crippen molar-refractivity contribution in [3.8, 4) is 17.3 Å². The molecule has 0 saturated heterocycles. The zero-order valence-electron chi connectivity index (χ0n) is 11.6. The summed E-state index contributed by atoms with van der Waals surface area (Å²) in [6.07, 6.45) is 3.31. The van der Waals surface area contributed by atoms with E-state index in [9.17, 15) is 19.5 Å². The molecule has 0 radical (unpaired) electrons. The Hall–Kier alpha value is -3.62. The van der Waals surface area contributed by atoms with Crippen molar-refractivity contribution >= 4 is 11.6 Å². The summed E-state index contributed by atoms with van der Waals surface area (Å²) in [6.45, 7) is 0. The molecule has 3 aromatic rings. The number of aromatic nitrogens is 4. The van der Waals surface area contributed by atoms with Crippen LogP contribution in [0, 0.1) is 0 Å². The number of carbonyl (C=O) groups excluding carboxylic acids is 1. The molecule has 0 aliphatic carbocycles. The van der Waals surface area contributed by atoms with E-state index in [4.69, 9.17) is 0 Å². The number of rotatable bonds is 3. The monoisotopic (exact) mass is 313 g/mol. The molecule has 0 spiro atoms. The van der Waals surface area contributed by atoms with E-state index >= 15 is 0 Å². The summed E-state index contributed by atoms with van der Waals surface area (Å²) in [5.74, 6) is -0.952. The number of benzene rings is 1. The summed E-state index contributed by atoms with van der Waals surface area (Å²) < 4.78 is 0. The molecule has 0 bridgehead atoms. The zero-order valence-corrected chi connectivity index (χ0v) is 11.6. The lowest BCUT2D eigenvalue weighted by molar-refractivity contribution is 0.102. The van der Waals surface area contributed by atoms with Crippen LogP contribution in [0.15, 0.2) is 46.2 Å². The van der Waals surface area contributed by atoms with E-state index in [1.165, 1.54) is 0 Å². The van der Waals surface area contributed by atoms with Crippen LogP contribution in [0.4, 0.5) is 5.69 Å². The van der Waals surface area contributed by atoms with Crippen LogP contribution in [0.5, 0.6) is 5.88 Å². The molecule has 1 amide bonds. The van der Waals surface area contributed by atoms with Gasteiger partial charge in [0.1, 0.15) is 5.82 Å². The van der Waals surface area contributed by atoms with Gasteiger partial charge < -0.3 is 15.4 Å². The van der Waals surface area contributed by atoms with Crippen molar-refractivity contribution in [3.63, 3.8) is 0 Å². The fourth-order valence-corrected chi connectivity index (χ4v) is 2.01. The van der Waals surface area contributed by atoms with E-state index in [1.807, 2.05) is 9.97 Å². The zero-order chi connectivity index (χ0) is 16.4. The highest BCUT2D eigenvalue weighted by molar-refractivity contribution is 6.05. The number of anilines is 1. The highest BCUT2D eigenvalue weighted by atomic mass is 16.3. The lowest BCUT2D eigenvalue weighted by Crippen LogP contribution is -2.30. The Bertz CT molecular complexity index is 954. The van der Waals surface area contributed by atoms with Crippen molar-refractivity contribution in [2.75, 3.05) is 5.32 Å². The Balaban J connectivity index is 1.84. The number of amides is 1.